The van der Waals surface area contributed by atoms with E-state index in [1.54, 1.807) is 4.90 Å². The Hall–Kier alpha value is -1.27. The molecule has 0 aromatic carbocycles. The van der Waals surface area contributed by atoms with Crippen molar-refractivity contribution in [3.63, 3.8) is 0 Å². The second-order valence-electron chi connectivity index (χ2n) is 2.96. The van der Waals surface area contributed by atoms with Crippen molar-refractivity contribution in [1.29, 1.82) is 0 Å². The molecule has 0 aliphatic rings. The van der Waals surface area contributed by atoms with Crippen molar-refractivity contribution >= 4 is 17.2 Å². The summed E-state index contributed by atoms with van der Waals surface area (Å²) in [7, 11) is 0. The lowest BCUT2D eigenvalue weighted by atomic mass is 10.2. The molecule has 3 heteroatoms. The van der Waals surface area contributed by atoms with Gasteiger partial charge in [0.25, 0.3) is 5.91 Å². The predicted molar refractivity (Wildman–Crippen MR) is 59.5 cm³/mol. The second-order valence-corrected chi connectivity index (χ2v) is 3.87. The molecule has 1 aromatic heterocycles. The molecular weight excluding hydrogens is 194 g/mol. The van der Waals surface area contributed by atoms with Gasteiger partial charge in [0, 0.05) is 6.54 Å². The highest BCUT2D eigenvalue weighted by atomic mass is 32.1. The second kappa shape index (κ2) is 4.83. The van der Waals surface area contributed by atoms with E-state index in [0.29, 0.717) is 13.1 Å². The van der Waals surface area contributed by atoms with E-state index in [9.17, 15) is 4.79 Å². The lowest BCUT2D eigenvalue weighted by Crippen LogP contribution is -2.30. The van der Waals surface area contributed by atoms with Gasteiger partial charge >= 0.3 is 0 Å². The summed E-state index contributed by atoms with van der Waals surface area (Å²) in [5, 5.41) is 1.92. The third-order valence-corrected chi connectivity index (χ3v) is 3.01. The van der Waals surface area contributed by atoms with Crippen molar-refractivity contribution in [2.24, 2.45) is 0 Å². The molecule has 0 saturated carbocycles. The molecule has 1 heterocycles. The smallest absolute Gasteiger partial charge is 0.264 e. The Morgan fingerprint density at radius 2 is 2.43 bits per heavy atom. The van der Waals surface area contributed by atoms with Crippen molar-refractivity contribution in [2.45, 2.75) is 13.8 Å². The van der Waals surface area contributed by atoms with Gasteiger partial charge in [-0.3, -0.25) is 4.79 Å². The van der Waals surface area contributed by atoms with Crippen LogP contribution < -0.4 is 0 Å². The summed E-state index contributed by atoms with van der Waals surface area (Å²) >= 11 is 1.47. The van der Waals surface area contributed by atoms with Crippen LogP contribution in [0.1, 0.15) is 22.2 Å². The van der Waals surface area contributed by atoms with E-state index in [4.69, 9.17) is 6.42 Å². The van der Waals surface area contributed by atoms with Crippen LogP contribution >= 0.6 is 11.3 Å². The third kappa shape index (κ3) is 2.15. The van der Waals surface area contributed by atoms with Crippen LogP contribution in [0.2, 0.25) is 0 Å². The van der Waals surface area contributed by atoms with E-state index in [1.165, 1.54) is 11.3 Å². The van der Waals surface area contributed by atoms with Gasteiger partial charge < -0.3 is 4.90 Å². The fourth-order valence-electron chi connectivity index (χ4n) is 1.17. The topological polar surface area (TPSA) is 20.3 Å². The molecule has 0 aliphatic carbocycles. The Balaban J connectivity index is 2.84. The summed E-state index contributed by atoms with van der Waals surface area (Å²) < 4.78 is 0. The van der Waals surface area contributed by atoms with Crippen LogP contribution in [-0.2, 0) is 0 Å². The highest BCUT2D eigenvalue weighted by molar-refractivity contribution is 7.12. The first kappa shape index (κ1) is 10.8. The molecule has 14 heavy (non-hydrogen) atoms. The zero-order valence-corrected chi connectivity index (χ0v) is 9.23. The molecule has 0 spiro atoms. The van der Waals surface area contributed by atoms with E-state index >= 15 is 0 Å². The van der Waals surface area contributed by atoms with E-state index in [0.717, 1.165) is 10.4 Å². The molecule has 1 aromatic rings. The Kier molecular flexibility index (Phi) is 3.73. The molecule has 1 rings (SSSR count). The van der Waals surface area contributed by atoms with Crippen molar-refractivity contribution in [3.05, 3.63) is 21.9 Å². The largest absolute Gasteiger partial charge is 0.327 e. The number of rotatable bonds is 3. The number of carbonyl (C=O) groups is 1. The lowest BCUT2D eigenvalue weighted by molar-refractivity contribution is 0.0789. The van der Waals surface area contributed by atoms with Crippen LogP contribution in [-0.4, -0.2) is 23.9 Å². The molecule has 0 bridgehead atoms. The first-order valence-electron chi connectivity index (χ1n) is 4.47. The predicted octanol–water partition coefficient (Wildman–Crippen LogP) is 2.15. The SMILES string of the molecule is C#CCN(CC)C(=O)c1sccc1C. The summed E-state index contributed by atoms with van der Waals surface area (Å²) in [6.07, 6.45) is 5.19. The minimum atomic E-state index is 0.0398. The fraction of sp³-hybridized carbons (Fsp3) is 0.364. The van der Waals surface area contributed by atoms with Gasteiger partial charge in [-0.25, -0.2) is 0 Å². The normalized spacial score (nSPS) is 9.50. The summed E-state index contributed by atoms with van der Waals surface area (Å²) in [4.78, 5) is 14.3. The molecule has 74 valence electrons. The summed E-state index contributed by atoms with van der Waals surface area (Å²) in [6.45, 7) is 4.90. The number of amides is 1. The minimum Gasteiger partial charge on any atom is -0.327 e. The van der Waals surface area contributed by atoms with Gasteiger partial charge in [-0.2, -0.15) is 0 Å². The molecule has 0 aliphatic heterocycles. The van der Waals surface area contributed by atoms with Crippen LogP contribution in [0.25, 0.3) is 0 Å². The number of hydrogen-bond acceptors (Lipinski definition) is 2. The number of carbonyl (C=O) groups excluding carboxylic acids is 1. The minimum absolute atomic E-state index is 0.0398. The van der Waals surface area contributed by atoms with Gasteiger partial charge in [0.15, 0.2) is 0 Å². The average molecular weight is 207 g/mol. The molecular formula is C11H13NOS. The van der Waals surface area contributed by atoms with Crippen molar-refractivity contribution in [2.75, 3.05) is 13.1 Å². The Labute approximate surface area is 88.5 Å². The lowest BCUT2D eigenvalue weighted by Gasteiger charge is -2.17. The van der Waals surface area contributed by atoms with Crippen molar-refractivity contribution in [1.82, 2.24) is 4.90 Å². The van der Waals surface area contributed by atoms with Gasteiger partial charge in [-0.15, -0.1) is 17.8 Å². The standard InChI is InChI=1S/C11H13NOS/c1-4-7-12(5-2)11(13)10-9(3)6-8-14-10/h1,6,8H,5,7H2,2-3H3. The summed E-state index contributed by atoms with van der Waals surface area (Å²) in [5.41, 5.74) is 1.02. The molecule has 0 radical (unpaired) electrons. The summed E-state index contributed by atoms with van der Waals surface area (Å²) in [6, 6.07) is 1.95. The zero-order chi connectivity index (χ0) is 10.6. The maximum Gasteiger partial charge on any atom is 0.264 e. The van der Waals surface area contributed by atoms with Gasteiger partial charge in [0.2, 0.25) is 0 Å². The number of terminal acetylenes is 1. The molecule has 0 N–H and O–H groups in total. The Morgan fingerprint density at radius 3 is 2.86 bits per heavy atom. The van der Waals surface area contributed by atoms with Crippen LogP contribution in [0.15, 0.2) is 11.4 Å². The van der Waals surface area contributed by atoms with E-state index in [1.807, 2.05) is 25.3 Å². The van der Waals surface area contributed by atoms with Crippen molar-refractivity contribution < 1.29 is 4.79 Å². The number of nitrogens with zero attached hydrogens (tertiary/aromatic N) is 1. The highest BCUT2D eigenvalue weighted by Crippen LogP contribution is 2.17. The van der Waals surface area contributed by atoms with E-state index in [2.05, 4.69) is 5.92 Å². The first-order valence-corrected chi connectivity index (χ1v) is 5.35. The maximum atomic E-state index is 11.9. The highest BCUT2D eigenvalue weighted by Gasteiger charge is 2.15. The van der Waals surface area contributed by atoms with Crippen LogP contribution in [0.4, 0.5) is 0 Å². The molecule has 0 atom stereocenters. The number of hydrogen-bond donors (Lipinski definition) is 0. The fourth-order valence-corrected chi connectivity index (χ4v) is 2.06. The van der Waals surface area contributed by atoms with Gasteiger partial charge in [0.05, 0.1) is 11.4 Å². The number of aryl methyl sites for hydroxylation is 1. The maximum absolute atomic E-state index is 11.9. The molecule has 0 saturated heterocycles. The third-order valence-electron chi connectivity index (χ3n) is 2.01. The van der Waals surface area contributed by atoms with Crippen molar-refractivity contribution in [3.8, 4) is 12.3 Å². The van der Waals surface area contributed by atoms with E-state index < -0.39 is 0 Å². The summed E-state index contributed by atoms with van der Waals surface area (Å²) in [5.74, 6) is 2.53. The van der Waals surface area contributed by atoms with E-state index in [-0.39, 0.29) is 5.91 Å². The molecule has 2 nitrogen and oxygen atoms in total. The average Bonchev–Trinajstić information content (AvgIpc) is 2.59. The molecule has 1 amide bonds. The van der Waals surface area contributed by atoms with Gasteiger partial charge in [-0.1, -0.05) is 5.92 Å². The first-order chi connectivity index (χ1) is 6.70. The van der Waals surface area contributed by atoms with Crippen LogP contribution in [0.5, 0.6) is 0 Å². The quantitative estimate of drug-likeness (QED) is 0.695. The Bertz CT molecular complexity index is 362. The molecule has 0 fully saturated rings. The Morgan fingerprint density at radius 1 is 1.71 bits per heavy atom. The molecule has 0 unspecified atom stereocenters. The van der Waals surface area contributed by atoms with Gasteiger partial charge in [-0.05, 0) is 30.9 Å². The monoisotopic (exact) mass is 207 g/mol. The van der Waals surface area contributed by atoms with Gasteiger partial charge in [0.1, 0.15) is 0 Å². The van der Waals surface area contributed by atoms with Crippen LogP contribution in [0, 0.1) is 19.3 Å². The van der Waals surface area contributed by atoms with Crippen LogP contribution in [0.3, 0.4) is 0 Å². The zero-order valence-electron chi connectivity index (χ0n) is 8.41. The number of thiophene rings is 1.